The number of piperidine rings is 1. The Balaban J connectivity index is 1.38. The first kappa shape index (κ1) is 20.0. The molecule has 10 nitrogen and oxygen atoms in total. The van der Waals surface area contributed by atoms with E-state index in [1.54, 1.807) is 12.4 Å². The van der Waals surface area contributed by atoms with Crippen molar-refractivity contribution in [2.75, 3.05) is 13.1 Å². The van der Waals surface area contributed by atoms with E-state index < -0.39 is 0 Å². The van der Waals surface area contributed by atoms with Gasteiger partial charge in [-0.15, -0.1) is 5.10 Å². The largest absolute Gasteiger partial charge is 0.337 e. The molecule has 1 fully saturated rings. The van der Waals surface area contributed by atoms with Crippen LogP contribution in [0.15, 0.2) is 35.6 Å². The van der Waals surface area contributed by atoms with Crippen LogP contribution in [0, 0.1) is 5.92 Å². The lowest BCUT2D eigenvalue weighted by molar-refractivity contribution is 0.0674. The highest BCUT2D eigenvalue weighted by Gasteiger charge is 2.27. The minimum Gasteiger partial charge on any atom is -0.337 e. The van der Waals surface area contributed by atoms with Gasteiger partial charge in [0.25, 0.3) is 11.5 Å². The molecule has 1 aliphatic heterocycles. The highest BCUT2D eigenvalue weighted by molar-refractivity contribution is 5.92. The molecule has 0 spiro atoms. The molecule has 1 amide bonds. The van der Waals surface area contributed by atoms with Gasteiger partial charge in [0.05, 0.1) is 0 Å². The van der Waals surface area contributed by atoms with Crippen molar-refractivity contribution in [1.82, 2.24) is 39.6 Å². The zero-order valence-corrected chi connectivity index (χ0v) is 17.4. The summed E-state index contributed by atoms with van der Waals surface area (Å²) in [5.41, 5.74) is 1.17. The smallest absolute Gasteiger partial charge is 0.274 e. The number of rotatable bonds is 4. The molecule has 30 heavy (non-hydrogen) atoms. The highest BCUT2D eigenvalue weighted by Crippen LogP contribution is 2.23. The van der Waals surface area contributed by atoms with Gasteiger partial charge in [-0.25, -0.2) is 14.3 Å². The molecule has 10 heteroatoms. The van der Waals surface area contributed by atoms with E-state index in [0.717, 1.165) is 18.5 Å². The monoisotopic (exact) mass is 410 g/mol. The Morgan fingerprint density at radius 2 is 2.00 bits per heavy atom. The first-order valence-electron chi connectivity index (χ1n) is 10.1. The SMILES string of the molecule is CC(C)(C)c1cc(C(=O)N2CCC(Cn3nc(-n4cncn4)ccc3=O)CC2)n[nH]1. The van der Waals surface area contributed by atoms with Gasteiger partial charge in [-0.2, -0.15) is 10.2 Å². The average Bonchev–Trinajstić information content (AvgIpc) is 3.42. The Labute approximate surface area is 173 Å². The van der Waals surface area contributed by atoms with Gasteiger partial charge in [0, 0.05) is 36.8 Å². The summed E-state index contributed by atoms with van der Waals surface area (Å²) in [6, 6.07) is 4.96. The third-order valence-electron chi connectivity index (χ3n) is 5.44. The third kappa shape index (κ3) is 4.17. The Kier molecular flexibility index (Phi) is 5.23. The van der Waals surface area contributed by atoms with Crippen molar-refractivity contribution in [2.24, 2.45) is 5.92 Å². The molecule has 0 radical (unpaired) electrons. The zero-order chi connectivity index (χ0) is 21.3. The van der Waals surface area contributed by atoms with E-state index in [2.05, 4.69) is 46.1 Å². The quantitative estimate of drug-likeness (QED) is 0.695. The lowest BCUT2D eigenvalue weighted by Crippen LogP contribution is -2.40. The van der Waals surface area contributed by atoms with E-state index in [4.69, 9.17) is 0 Å². The molecule has 158 valence electrons. The second kappa shape index (κ2) is 7.85. The number of H-pyrrole nitrogens is 1. The highest BCUT2D eigenvalue weighted by atomic mass is 16.2. The van der Waals surface area contributed by atoms with Crippen molar-refractivity contribution in [3.8, 4) is 5.82 Å². The number of carbonyl (C=O) groups excluding carboxylic acids is 1. The van der Waals surface area contributed by atoms with Crippen molar-refractivity contribution < 1.29 is 4.79 Å². The minimum atomic E-state index is -0.149. The Bertz CT molecular complexity index is 1070. The minimum absolute atomic E-state index is 0.0522. The average molecular weight is 410 g/mol. The van der Waals surface area contributed by atoms with Crippen molar-refractivity contribution in [3.05, 3.63) is 52.6 Å². The summed E-state index contributed by atoms with van der Waals surface area (Å²) in [4.78, 5) is 30.8. The van der Waals surface area contributed by atoms with Crippen LogP contribution in [0.1, 0.15) is 49.8 Å². The van der Waals surface area contributed by atoms with Crippen LogP contribution in [-0.4, -0.2) is 58.6 Å². The van der Waals surface area contributed by atoms with Crippen molar-refractivity contribution in [2.45, 2.75) is 45.6 Å². The van der Waals surface area contributed by atoms with Crippen LogP contribution in [0.3, 0.4) is 0 Å². The Morgan fingerprint density at radius 1 is 1.23 bits per heavy atom. The predicted octanol–water partition coefficient (Wildman–Crippen LogP) is 1.40. The van der Waals surface area contributed by atoms with Gasteiger partial charge in [0.1, 0.15) is 18.3 Å². The number of carbonyl (C=O) groups is 1. The molecule has 0 saturated carbocycles. The first-order valence-corrected chi connectivity index (χ1v) is 10.1. The molecule has 4 rings (SSSR count). The second-order valence-corrected chi connectivity index (χ2v) is 8.70. The first-order chi connectivity index (χ1) is 14.3. The van der Waals surface area contributed by atoms with Gasteiger partial charge in [0.2, 0.25) is 0 Å². The fourth-order valence-electron chi connectivity index (χ4n) is 3.56. The van der Waals surface area contributed by atoms with Crippen LogP contribution in [0.4, 0.5) is 0 Å². The van der Waals surface area contributed by atoms with Gasteiger partial charge in [-0.3, -0.25) is 14.7 Å². The van der Waals surface area contributed by atoms with Gasteiger partial charge in [-0.1, -0.05) is 20.8 Å². The summed E-state index contributed by atoms with van der Waals surface area (Å²) in [5.74, 6) is 0.770. The van der Waals surface area contributed by atoms with Gasteiger partial charge in [-0.05, 0) is 30.9 Å². The fourth-order valence-corrected chi connectivity index (χ4v) is 3.56. The van der Waals surface area contributed by atoms with E-state index in [0.29, 0.717) is 31.1 Å². The van der Waals surface area contributed by atoms with Crippen LogP contribution < -0.4 is 5.56 Å². The number of aromatic nitrogens is 7. The number of hydrogen-bond acceptors (Lipinski definition) is 6. The summed E-state index contributed by atoms with van der Waals surface area (Å²) >= 11 is 0. The summed E-state index contributed by atoms with van der Waals surface area (Å²) in [5, 5.41) is 15.6. The molecule has 0 aromatic carbocycles. The topological polar surface area (TPSA) is 115 Å². The zero-order valence-electron chi connectivity index (χ0n) is 17.4. The van der Waals surface area contributed by atoms with E-state index >= 15 is 0 Å². The number of aromatic amines is 1. The maximum Gasteiger partial charge on any atom is 0.274 e. The summed E-state index contributed by atoms with van der Waals surface area (Å²) in [6.07, 6.45) is 4.59. The molecule has 3 aromatic heterocycles. The number of amides is 1. The van der Waals surface area contributed by atoms with Crippen LogP contribution in [0.2, 0.25) is 0 Å². The molecule has 1 aliphatic rings. The maximum absolute atomic E-state index is 12.8. The van der Waals surface area contributed by atoms with E-state index in [-0.39, 0.29) is 22.8 Å². The van der Waals surface area contributed by atoms with E-state index in [9.17, 15) is 9.59 Å². The normalized spacial score (nSPS) is 15.5. The van der Waals surface area contributed by atoms with Gasteiger partial charge in [0.15, 0.2) is 5.82 Å². The van der Waals surface area contributed by atoms with E-state index in [1.807, 2.05) is 11.0 Å². The second-order valence-electron chi connectivity index (χ2n) is 8.70. The number of nitrogens with zero attached hydrogens (tertiary/aromatic N) is 7. The molecule has 0 unspecified atom stereocenters. The lowest BCUT2D eigenvalue weighted by Gasteiger charge is -2.31. The van der Waals surface area contributed by atoms with Crippen LogP contribution in [0.25, 0.3) is 5.82 Å². The maximum atomic E-state index is 12.8. The van der Waals surface area contributed by atoms with Crippen molar-refractivity contribution in [1.29, 1.82) is 0 Å². The number of nitrogens with one attached hydrogen (secondary N) is 1. The molecule has 0 atom stereocenters. The fraction of sp³-hybridized carbons (Fsp3) is 0.500. The summed E-state index contributed by atoms with van der Waals surface area (Å²) < 4.78 is 3.00. The van der Waals surface area contributed by atoms with Crippen LogP contribution in [-0.2, 0) is 12.0 Å². The lowest BCUT2D eigenvalue weighted by atomic mass is 9.92. The Hall–Kier alpha value is -3.30. The molecule has 1 N–H and O–H groups in total. The molecular formula is C20H26N8O2. The predicted molar refractivity (Wildman–Crippen MR) is 109 cm³/mol. The van der Waals surface area contributed by atoms with Crippen molar-refractivity contribution in [3.63, 3.8) is 0 Å². The molecule has 0 bridgehead atoms. The van der Waals surface area contributed by atoms with E-state index in [1.165, 1.54) is 21.8 Å². The van der Waals surface area contributed by atoms with Crippen LogP contribution in [0.5, 0.6) is 0 Å². The van der Waals surface area contributed by atoms with Gasteiger partial charge < -0.3 is 4.90 Å². The molecule has 3 aromatic rings. The van der Waals surface area contributed by atoms with Crippen LogP contribution >= 0.6 is 0 Å². The third-order valence-corrected chi connectivity index (χ3v) is 5.44. The standard InChI is InChI=1S/C20H26N8O2/c1-20(2,3)16-10-15(23-24-16)19(30)26-8-6-14(7-9-26)11-27-18(29)5-4-17(25-27)28-13-21-12-22-28/h4-5,10,12-14H,6-9,11H2,1-3H3,(H,23,24). The number of likely N-dealkylation sites (tertiary alicyclic amines) is 1. The summed E-state index contributed by atoms with van der Waals surface area (Å²) in [7, 11) is 0. The summed E-state index contributed by atoms with van der Waals surface area (Å²) in [6.45, 7) is 8.02. The molecule has 4 heterocycles. The Morgan fingerprint density at radius 3 is 2.63 bits per heavy atom. The molecule has 0 aliphatic carbocycles. The molecule has 1 saturated heterocycles. The molecular weight excluding hydrogens is 384 g/mol. The number of hydrogen-bond donors (Lipinski definition) is 1. The van der Waals surface area contributed by atoms with Gasteiger partial charge >= 0.3 is 0 Å². The van der Waals surface area contributed by atoms with Crippen molar-refractivity contribution >= 4 is 5.91 Å².